The third kappa shape index (κ3) is 4.89. The van der Waals surface area contributed by atoms with Crippen molar-refractivity contribution >= 4 is 5.91 Å². The number of phenolic OH excluding ortho intramolecular Hbond substituents is 1. The van der Waals surface area contributed by atoms with E-state index in [9.17, 15) is 15.0 Å². The van der Waals surface area contributed by atoms with Crippen LogP contribution >= 0.6 is 0 Å². The second kappa shape index (κ2) is 8.13. The zero-order valence-corrected chi connectivity index (χ0v) is 15.9. The second-order valence-electron chi connectivity index (χ2n) is 7.76. The molecule has 27 heavy (non-hydrogen) atoms. The van der Waals surface area contributed by atoms with Crippen molar-refractivity contribution in [2.75, 3.05) is 13.1 Å². The molecule has 1 saturated heterocycles. The highest BCUT2D eigenvalue weighted by atomic mass is 16.3. The predicted octanol–water partition coefficient (Wildman–Crippen LogP) is 3.66. The lowest BCUT2D eigenvalue weighted by Gasteiger charge is -2.38. The minimum atomic E-state index is -0.814. The monoisotopic (exact) mass is 366 g/mol. The lowest BCUT2D eigenvalue weighted by molar-refractivity contribution is -0.135. The molecule has 1 heterocycles. The molecule has 1 radical (unpaired) electrons. The zero-order chi connectivity index (χ0) is 19.4. The molecule has 0 aromatic heterocycles. The molecule has 4 heteroatoms. The Morgan fingerprint density at radius 2 is 1.85 bits per heavy atom. The summed E-state index contributed by atoms with van der Waals surface area (Å²) in [5.74, 6) is 0.503. The molecule has 1 atom stereocenters. The molecule has 1 fully saturated rings. The van der Waals surface area contributed by atoms with Crippen LogP contribution in [0.15, 0.2) is 48.5 Å². The Balaban J connectivity index is 1.54. The number of carbonyl (C=O) groups excluding carboxylic acids is 1. The maximum atomic E-state index is 12.6. The molecule has 0 bridgehead atoms. The van der Waals surface area contributed by atoms with Crippen LogP contribution in [0.4, 0.5) is 0 Å². The molecule has 0 aliphatic carbocycles. The Morgan fingerprint density at radius 3 is 2.48 bits per heavy atom. The Labute approximate surface area is 161 Å². The first-order valence-electron chi connectivity index (χ1n) is 9.55. The van der Waals surface area contributed by atoms with E-state index in [-0.39, 0.29) is 17.6 Å². The van der Waals surface area contributed by atoms with Crippen molar-refractivity contribution in [2.45, 2.75) is 44.1 Å². The number of hydrogen-bond acceptors (Lipinski definition) is 3. The molecule has 1 aliphatic rings. The van der Waals surface area contributed by atoms with Gasteiger partial charge in [0.1, 0.15) is 5.75 Å². The van der Waals surface area contributed by atoms with Crippen molar-refractivity contribution < 1.29 is 15.0 Å². The van der Waals surface area contributed by atoms with Gasteiger partial charge in [-0.05, 0) is 48.4 Å². The molecule has 1 aliphatic heterocycles. The number of nitrogens with zero attached hydrogens (tertiary/aromatic N) is 1. The summed E-state index contributed by atoms with van der Waals surface area (Å²) < 4.78 is 0. The summed E-state index contributed by atoms with van der Waals surface area (Å²) in [5.41, 5.74) is 1.89. The minimum absolute atomic E-state index is 0.151. The van der Waals surface area contributed by atoms with Gasteiger partial charge in [-0.2, -0.15) is 0 Å². The van der Waals surface area contributed by atoms with Crippen molar-refractivity contribution in [3.05, 3.63) is 72.1 Å². The quantitative estimate of drug-likeness (QED) is 0.849. The molecule has 0 unspecified atom stereocenters. The fraction of sp³-hybridized carbons (Fsp3) is 0.391. The summed E-state index contributed by atoms with van der Waals surface area (Å²) in [7, 11) is 0. The number of aromatic hydroxyl groups is 1. The Hall–Kier alpha value is -2.33. The van der Waals surface area contributed by atoms with Crippen LogP contribution in [-0.2, 0) is 11.2 Å². The Bertz CT molecular complexity index is 779. The summed E-state index contributed by atoms with van der Waals surface area (Å²) in [6.07, 6.45) is 2.13. The van der Waals surface area contributed by atoms with Crippen molar-refractivity contribution in [2.24, 2.45) is 0 Å². The summed E-state index contributed by atoms with van der Waals surface area (Å²) in [4.78, 5) is 14.5. The van der Waals surface area contributed by atoms with E-state index >= 15 is 0 Å². The van der Waals surface area contributed by atoms with E-state index in [1.165, 1.54) is 5.56 Å². The van der Waals surface area contributed by atoms with Crippen LogP contribution in [0.25, 0.3) is 0 Å². The number of amides is 1. The van der Waals surface area contributed by atoms with Crippen molar-refractivity contribution in [3.63, 3.8) is 0 Å². The van der Waals surface area contributed by atoms with Crippen LogP contribution in [0.1, 0.15) is 48.8 Å². The lowest BCUT2D eigenvalue weighted by atomic mass is 9.84. The summed E-state index contributed by atoms with van der Waals surface area (Å²) in [6, 6.07) is 15.3. The maximum absolute atomic E-state index is 12.6. The molecular formula is C23H28NO3. The first kappa shape index (κ1) is 19.4. The maximum Gasteiger partial charge on any atom is 0.223 e. The van der Waals surface area contributed by atoms with Gasteiger partial charge >= 0.3 is 0 Å². The molecule has 2 N–H and O–H groups in total. The van der Waals surface area contributed by atoms with Crippen molar-refractivity contribution in [1.82, 2.24) is 4.90 Å². The van der Waals surface area contributed by atoms with Gasteiger partial charge in [-0.15, -0.1) is 0 Å². The molecule has 2 aromatic rings. The number of hydrogen-bond donors (Lipinski definition) is 2. The summed E-state index contributed by atoms with van der Waals surface area (Å²) in [5, 5.41) is 20.5. The van der Waals surface area contributed by atoms with Gasteiger partial charge in [0.15, 0.2) is 0 Å². The van der Waals surface area contributed by atoms with Gasteiger partial charge in [-0.25, -0.2) is 0 Å². The largest absolute Gasteiger partial charge is 0.508 e. The van der Waals surface area contributed by atoms with Gasteiger partial charge in [0.2, 0.25) is 5.91 Å². The highest BCUT2D eigenvalue weighted by molar-refractivity contribution is 5.77. The first-order chi connectivity index (χ1) is 12.9. The third-order valence-corrected chi connectivity index (χ3v) is 5.57. The first-order valence-corrected chi connectivity index (χ1v) is 9.55. The van der Waals surface area contributed by atoms with Gasteiger partial charge in [-0.1, -0.05) is 49.4 Å². The van der Waals surface area contributed by atoms with E-state index in [2.05, 4.69) is 26.0 Å². The molecule has 1 amide bonds. The lowest BCUT2D eigenvalue weighted by Crippen LogP contribution is -2.47. The second-order valence-corrected chi connectivity index (χ2v) is 7.76. The van der Waals surface area contributed by atoms with Gasteiger partial charge in [0, 0.05) is 25.9 Å². The summed E-state index contributed by atoms with van der Waals surface area (Å²) >= 11 is 0. The number of benzene rings is 2. The van der Waals surface area contributed by atoms with E-state index in [4.69, 9.17) is 0 Å². The number of rotatable bonds is 5. The highest BCUT2D eigenvalue weighted by Crippen LogP contribution is 2.29. The van der Waals surface area contributed by atoms with Crippen molar-refractivity contribution in [3.8, 4) is 5.75 Å². The van der Waals surface area contributed by atoms with E-state index in [1.807, 2.05) is 35.2 Å². The van der Waals surface area contributed by atoms with E-state index in [1.54, 1.807) is 6.07 Å². The number of carbonyl (C=O) groups is 1. The predicted molar refractivity (Wildman–Crippen MR) is 107 cm³/mol. The highest BCUT2D eigenvalue weighted by Gasteiger charge is 2.34. The third-order valence-electron chi connectivity index (χ3n) is 5.57. The minimum Gasteiger partial charge on any atom is -0.508 e. The Morgan fingerprint density at radius 1 is 1.19 bits per heavy atom. The van der Waals surface area contributed by atoms with E-state index in [0.29, 0.717) is 44.3 Å². The molecule has 2 aromatic carbocycles. The number of phenols is 1. The molecule has 143 valence electrons. The normalized spacial score (nSPS) is 17.5. The molecular weight excluding hydrogens is 338 g/mol. The van der Waals surface area contributed by atoms with Crippen LogP contribution in [0.5, 0.6) is 5.75 Å². The van der Waals surface area contributed by atoms with Crippen LogP contribution in [0.3, 0.4) is 0 Å². The standard InChI is InChI=1S/C23H28NO3/c1-17(20-6-4-3-5-7-20)15-22(26)24-12-10-23(27,11-13-24)16-19-8-9-21(25)18(2)14-19/h3-9,14,17,25,27H,2,10-13,15-16H2,1H3/t17-/m1/s1. The van der Waals surface area contributed by atoms with E-state index in [0.717, 1.165) is 5.56 Å². The molecule has 0 saturated carbocycles. The van der Waals surface area contributed by atoms with Crippen molar-refractivity contribution in [1.29, 1.82) is 0 Å². The number of aliphatic hydroxyl groups is 1. The molecule has 4 nitrogen and oxygen atoms in total. The fourth-order valence-electron chi connectivity index (χ4n) is 3.77. The van der Waals surface area contributed by atoms with Crippen LogP contribution < -0.4 is 0 Å². The van der Waals surface area contributed by atoms with E-state index < -0.39 is 5.60 Å². The number of likely N-dealkylation sites (tertiary alicyclic amines) is 1. The molecule has 3 rings (SSSR count). The van der Waals surface area contributed by atoms with Crippen LogP contribution in [0, 0.1) is 6.92 Å². The van der Waals surface area contributed by atoms with Gasteiger partial charge in [0.05, 0.1) is 5.60 Å². The van der Waals surface area contributed by atoms with Crippen LogP contribution in [0.2, 0.25) is 0 Å². The van der Waals surface area contributed by atoms with Crippen LogP contribution in [-0.4, -0.2) is 39.7 Å². The molecule has 0 spiro atoms. The fourth-order valence-corrected chi connectivity index (χ4v) is 3.77. The average Bonchev–Trinajstić information content (AvgIpc) is 2.66. The number of piperidine rings is 1. The summed E-state index contributed by atoms with van der Waals surface area (Å²) in [6.45, 7) is 7.03. The van der Waals surface area contributed by atoms with Gasteiger partial charge < -0.3 is 15.1 Å². The zero-order valence-electron chi connectivity index (χ0n) is 15.9. The topological polar surface area (TPSA) is 60.8 Å². The Kier molecular flexibility index (Phi) is 5.85. The SMILES string of the molecule is [CH2]c1cc(CC2(O)CCN(C(=O)C[C@@H](C)c3ccccc3)CC2)ccc1O. The van der Waals surface area contributed by atoms with Gasteiger partial charge in [-0.3, -0.25) is 4.79 Å². The average molecular weight is 366 g/mol. The smallest absolute Gasteiger partial charge is 0.223 e. The van der Waals surface area contributed by atoms with Gasteiger partial charge in [0.25, 0.3) is 0 Å².